The Morgan fingerprint density at radius 1 is 1.10 bits per heavy atom. The summed E-state index contributed by atoms with van der Waals surface area (Å²) in [5, 5.41) is 5.32. The first-order valence-electron chi connectivity index (χ1n) is 9.69. The Morgan fingerprint density at radius 2 is 1.87 bits per heavy atom. The summed E-state index contributed by atoms with van der Waals surface area (Å²) in [6.07, 6.45) is 3.47. The van der Waals surface area contributed by atoms with Crippen molar-refractivity contribution in [3.63, 3.8) is 0 Å². The molecule has 1 N–H and O–H groups in total. The Labute approximate surface area is 190 Å². The molecule has 158 valence electrons. The Hall–Kier alpha value is -3.09. The number of hydrogen-bond acceptors (Lipinski definition) is 3. The number of halogens is 2. The highest BCUT2D eigenvalue weighted by Gasteiger charge is 2.16. The maximum Gasteiger partial charge on any atom is 0.290 e. The van der Waals surface area contributed by atoms with E-state index in [-0.39, 0.29) is 5.91 Å². The molecule has 0 fully saturated rings. The van der Waals surface area contributed by atoms with E-state index in [0.717, 1.165) is 33.8 Å². The SMILES string of the molecule is Cc1ccn2c(C(=O)N/N=C\c3cc(C)n(-c4ccc(Cl)cc4Cl)c3C)c(C)nc2c1. The van der Waals surface area contributed by atoms with Gasteiger partial charge in [0.05, 0.1) is 22.6 Å². The highest BCUT2D eigenvalue weighted by Crippen LogP contribution is 2.28. The zero-order valence-corrected chi connectivity index (χ0v) is 19.1. The van der Waals surface area contributed by atoms with E-state index in [1.807, 2.05) is 62.7 Å². The van der Waals surface area contributed by atoms with E-state index in [4.69, 9.17) is 23.2 Å². The van der Waals surface area contributed by atoms with Crippen LogP contribution in [0.4, 0.5) is 0 Å². The zero-order valence-electron chi connectivity index (χ0n) is 17.6. The fourth-order valence-electron chi connectivity index (χ4n) is 3.70. The lowest BCUT2D eigenvalue weighted by Crippen LogP contribution is -2.20. The molecule has 0 spiro atoms. The molecule has 0 bridgehead atoms. The van der Waals surface area contributed by atoms with Crippen LogP contribution < -0.4 is 5.43 Å². The van der Waals surface area contributed by atoms with Crippen molar-refractivity contribution in [3.8, 4) is 5.69 Å². The predicted octanol–water partition coefficient (Wildman–Crippen LogP) is 5.43. The largest absolute Gasteiger partial charge is 0.316 e. The molecule has 0 aliphatic heterocycles. The van der Waals surface area contributed by atoms with E-state index in [1.54, 1.807) is 22.7 Å². The molecule has 1 aromatic carbocycles. The molecule has 31 heavy (non-hydrogen) atoms. The smallest absolute Gasteiger partial charge is 0.290 e. The fraction of sp³-hybridized carbons (Fsp3) is 0.174. The molecule has 1 amide bonds. The number of hydrogen-bond donors (Lipinski definition) is 1. The zero-order chi connectivity index (χ0) is 22.3. The topological polar surface area (TPSA) is 63.7 Å². The maximum absolute atomic E-state index is 12.8. The van der Waals surface area contributed by atoms with Gasteiger partial charge in [-0.3, -0.25) is 9.20 Å². The van der Waals surface area contributed by atoms with Crippen LogP contribution in [0.15, 0.2) is 47.7 Å². The van der Waals surface area contributed by atoms with Crippen molar-refractivity contribution < 1.29 is 4.79 Å². The number of carbonyl (C=O) groups is 1. The van der Waals surface area contributed by atoms with Gasteiger partial charge in [0.2, 0.25) is 0 Å². The molecule has 4 rings (SSSR count). The molecule has 8 heteroatoms. The second-order valence-electron chi connectivity index (χ2n) is 7.43. The van der Waals surface area contributed by atoms with Gasteiger partial charge in [-0.2, -0.15) is 5.10 Å². The third-order valence-electron chi connectivity index (χ3n) is 5.16. The normalized spacial score (nSPS) is 11.5. The molecule has 0 saturated carbocycles. The molecular weight excluding hydrogens is 433 g/mol. The molecule has 0 aliphatic carbocycles. The molecule has 3 aromatic heterocycles. The number of carbonyl (C=O) groups excluding carboxylic acids is 1. The maximum atomic E-state index is 12.8. The molecular formula is C23H21Cl2N5O. The van der Waals surface area contributed by atoms with Gasteiger partial charge in [-0.15, -0.1) is 0 Å². The summed E-state index contributed by atoms with van der Waals surface area (Å²) in [6, 6.07) is 11.2. The summed E-state index contributed by atoms with van der Waals surface area (Å²) in [4.78, 5) is 17.2. The fourth-order valence-corrected chi connectivity index (χ4v) is 4.20. The van der Waals surface area contributed by atoms with Crippen LogP contribution in [0, 0.1) is 27.7 Å². The highest BCUT2D eigenvalue weighted by molar-refractivity contribution is 6.35. The van der Waals surface area contributed by atoms with Crippen LogP contribution in [0.5, 0.6) is 0 Å². The molecule has 3 heterocycles. The molecule has 0 unspecified atom stereocenters. The Morgan fingerprint density at radius 3 is 2.61 bits per heavy atom. The molecule has 0 aliphatic rings. The quantitative estimate of drug-likeness (QED) is 0.330. The van der Waals surface area contributed by atoms with Gasteiger partial charge in [-0.25, -0.2) is 10.4 Å². The number of amides is 1. The summed E-state index contributed by atoms with van der Waals surface area (Å²) in [5.41, 5.74) is 9.18. The van der Waals surface area contributed by atoms with E-state index >= 15 is 0 Å². The molecule has 0 atom stereocenters. The van der Waals surface area contributed by atoms with Crippen LogP contribution in [0.2, 0.25) is 10.0 Å². The Bertz CT molecular complexity index is 1350. The number of benzene rings is 1. The molecule has 6 nitrogen and oxygen atoms in total. The van der Waals surface area contributed by atoms with Crippen molar-refractivity contribution in [3.05, 3.63) is 86.5 Å². The van der Waals surface area contributed by atoms with Crippen LogP contribution in [-0.4, -0.2) is 26.1 Å². The van der Waals surface area contributed by atoms with E-state index in [0.29, 0.717) is 21.4 Å². The third-order valence-corrected chi connectivity index (χ3v) is 5.70. The van der Waals surface area contributed by atoms with Gasteiger partial charge in [-0.05, 0) is 69.7 Å². The average Bonchev–Trinajstić information content (AvgIpc) is 3.17. The number of nitrogens with one attached hydrogen (secondary N) is 1. The molecule has 4 aromatic rings. The van der Waals surface area contributed by atoms with Crippen LogP contribution in [-0.2, 0) is 0 Å². The van der Waals surface area contributed by atoms with Crippen molar-refractivity contribution in [2.45, 2.75) is 27.7 Å². The number of fused-ring (bicyclic) bond motifs is 1. The van der Waals surface area contributed by atoms with E-state index in [9.17, 15) is 4.79 Å². The minimum absolute atomic E-state index is 0.320. The van der Waals surface area contributed by atoms with Crippen molar-refractivity contribution in [2.75, 3.05) is 0 Å². The van der Waals surface area contributed by atoms with E-state index in [1.165, 1.54) is 0 Å². The number of pyridine rings is 1. The number of nitrogens with zero attached hydrogens (tertiary/aromatic N) is 4. The summed E-state index contributed by atoms with van der Waals surface area (Å²) < 4.78 is 3.79. The van der Waals surface area contributed by atoms with Gasteiger partial charge in [-0.1, -0.05) is 23.2 Å². The Balaban J connectivity index is 1.59. The van der Waals surface area contributed by atoms with Gasteiger partial charge < -0.3 is 4.57 Å². The van der Waals surface area contributed by atoms with Gasteiger partial charge in [0.1, 0.15) is 11.3 Å². The van der Waals surface area contributed by atoms with Crippen molar-refractivity contribution in [1.82, 2.24) is 19.4 Å². The van der Waals surface area contributed by atoms with E-state index in [2.05, 4.69) is 15.5 Å². The van der Waals surface area contributed by atoms with Crippen LogP contribution in [0.25, 0.3) is 11.3 Å². The van der Waals surface area contributed by atoms with Crippen molar-refractivity contribution in [2.24, 2.45) is 5.10 Å². The highest BCUT2D eigenvalue weighted by atomic mass is 35.5. The van der Waals surface area contributed by atoms with Gasteiger partial charge in [0, 0.05) is 28.2 Å². The standard InChI is InChI=1S/C23H21Cl2N5O/c1-13-7-8-29-21(9-13)27-15(3)22(29)23(31)28-26-12-17-10-14(2)30(16(17)4)20-6-5-18(24)11-19(20)25/h5-12H,1-4H3,(H,28,31)/b26-12-. The summed E-state index contributed by atoms with van der Waals surface area (Å²) in [5.74, 6) is -0.320. The number of aryl methyl sites for hydroxylation is 3. The number of hydrazone groups is 1. The number of aromatic nitrogens is 3. The first-order chi connectivity index (χ1) is 14.8. The summed E-state index contributed by atoms with van der Waals surface area (Å²) in [6.45, 7) is 7.75. The predicted molar refractivity (Wildman–Crippen MR) is 125 cm³/mol. The Kier molecular flexibility index (Phi) is 5.60. The van der Waals surface area contributed by atoms with Crippen LogP contribution >= 0.6 is 23.2 Å². The summed E-state index contributed by atoms with van der Waals surface area (Å²) >= 11 is 12.4. The first kappa shape index (κ1) is 21.2. The van der Waals surface area contributed by atoms with Gasteiger partial charge in [0.25, 0.3) is 5.91 Å². The minimum Gasteiger partial charge on any atom is -0.316 e. The lowest BCUT2D eigenvalue weighted by Gasteiger charge is -2.11. The molecule has 0 saturated heterocycles. The second kappa shape index (κ2) is 8.21. The number of imidazole rings is 1. The lowest BCUT2D eigenvalue weighted by molar-refractivity contribution is 0.0948. The molecule has 0 radical (unpaired) electrons. The van der Waals surface area contributed by atoms with Crippen molar-refractivity contribution in [1.29, 1.82) is 0 Å². The van der Waals surface area contributed by atoms with Crippen LogP contribution in [0.1, 0.15) is 38.7 Å². The van der Waals surface area contributed by atoms with Gasteiger partial charge in [0.15, 0.2) is 0 Å². The average molecular weight is 454 g/mol. The number of rotatable bonds is 4. The van der Waals surface area contributed by atoms with E-state index < -0.39 is 0 Å². The summed E-state index contributed by atoms with van der Waals surface area (Å²) in [7, 11) is 0. The lowest BCUT2D eigenvalue weighted by atomic mass is 10.2. The minimum atomic E-state index is -0.320. The first-order valence-corrected chi connectivity index (χ1v) is 10.4. The van der Waals surface area contributed by atoms with Gasteiger partial charge >= 0.3 is 0 Å². The monoisotopic (exact) mass is 453 g/mol. The van der Waals surface area contributed by atoms with Crippen LogP contribution in [0.3, 0.4) is 0 Å². The second-order valence-corrected chi connectivity index (χ2v) is 8.28. The van der Waals surface area contributed by atoms with Crippen molar-refractivity contribution >= 4 is 41.0 Å². The third kappa shape index (κ3) is 3.96.